The van der Waals surface area contributed by atoms with Gasteiger partial charge in [0.25, 0.3) is 5.91 Å². The van der Waals surface area contributed by atoms with Crippen LogP contribution >= 0.6 is 0 Å². The first-order chi connectivity index (χ1) is 15.0. The minimum atomic E-state index is -0.637. The molecule has 4 rings (SSSR count). The zero-order valence-electron chi connectivity index (χ0n) is 17.1. The second kappa shape index (κ2) is 9.23. The van der Waals surface area contributed by atoms with E-state index in [9.17, 15) is 14.3 Å². The lowest BCUT2D eigenvalue weighted by Gasteiger charge is -2.16. The quantitative estimate of drug-likeness (QED) is 0.537. The average Bonchev–Trinajstić information content (AvgIpc) is 3.46. The first-order valence-electron chi connectivity index (χ1n) is 10.1. The highest BCUT2D eigenvalue weighted by atomic mass is 19.1. The lowest BCUT2D eigenvalue weighted by molar-refractivity contribution is 0.0916. The zero-order valence-corrected chi connectivity index (χ0v) is 17.1. The van der Waals surface area contributed by atoms with Crippen molar-refractivity contribution in [3.8, 4) is 5.82 Å². The van der Waals surface area contributed by atoms with Gasteiger partial charge in [-0.1, -0.05) is 12.1 Å². The highest BCUT2D eigenvalue weighted by Crippen LogP contribution is 2.18. The van der Waals surface area contributed by atoms with Crippen molar-refractivity contribution >= 4 is 11.9 Å². The van der Waals surface area contributed by atoms with Crippen molar-refractivity contribution in [2.24, 2.45) is 0 Å². The predicted octanol–water partition coefficient (Wildman–Crippen LogP) is 2.38. The van der Waals surface area contributed by atoms with Crippen molar-refractivity contribution in [3.63, 3.8) is 0 Å². The van der Waals surface area contributed by atoms with Gasteiger partial charge in [-0.15, -0.1) is 0 Å². The molecular formula is C22H24FN5O3. The molecule has 0 bridgehead atoms. The lowest BCUT2D eigenvalue weighted by atomic mass is 10.1. The number of benzene rings is 1. The van der Waals surface area contributed by atoms with E-state index >= 15 is 0 Å². The fraction of sp³-hybridized carbons (Fsp3) is 0.318. The van der Waals surface area contributed by atoms with Crippen molar-refractivity contribution in [3.05, 3.63) is 71.4 Å². The second-order valence-corrected chi connectivity index (χ2v) is 7.47. The number of rotatable bonds is 7. The molecule has 9 heteroatoms. The first kappa shape index (κ1) is 21.0. The van der Waals surface area contributed by atoms with E-state index < -0.39 is 6.04 Å². The number of nitrogens with one attached hydrogen (secondary N) is 2. The van der Waals surface area contributed by atoms with Gasteiger partial charge in [-0.05, 0) is 37.1 Å². The van der Waals surface area contributed by atoms with E-state index in [4.69, 9.17) is 4.74 Å². The molecule has 3 N–H and O–H groups in total. The molecule has 3 heterocycles. The Balaban J connectivity index is 1.49. The number of aliphatic hydroxyl groups excluding tert-OH is 1. The molecule has 0 saturated carbocycles. The Morgan fingerprint density at radius 2 is 2.16 bits per heavy atom. The Bertz CT molecular complexity index is 1050. The van der Waals surface area contributed by atoms with Crippen molar-refractivity contribution in [2.45, 2.75) is 25.4 Å². The maximum atomic E-state index is 13.1. The number of aliphatic hydroxyl groups is 1. The van der Waals surface area contributed by atoms with Gasteiger partial charge in [-0.2, -0.15) is 4.98 Å². The highest BCUT2D eigenvalue weighted by molar-refractivity contribution is 5.94. The molecule has 8 nitrogen and oxygen atoms in total. The Morgan fingerprint density at radius 1 is 1.35 bits per heavy atom. The smallest absolute Gasteiger partial charge is 0.253 e. The monoisotopic (exact) mass is 425 g/mol. The third-order valence-corrected chi connectivity index (χ3v) is 5.17. The summed E-state index contributed by atoms with van der Waals surface area (Å²) in [4.78, 5) is 21.6. The molecule has 1 aromatic carbocycles. The number of aryl methyl sites for hydroxylation is 1. The maximum absolute atomic E-state index is 13.1. The van der Waals surface area contributed by atoms with Crippen LogP contribution in [0.3, 0.4) is 0 Å². The largest absolute Gasteiger partial charge is 0.394 e. The fourth-order valence-electron chi connectivity index (χ4n) is 3.43. The molecule has 1 fully saturated rings. The van der Waals surface area contributed by atoms with E-state index in [-0.39, 0.29) is 24.4 Å². The number of aromatic nitrogens is 3. The van der Waals surface area contributed by atoms with Crippen LogP contribution in [0.2, 0.25) is 0 Å². The Morgan fingerprint density at radius 3 is 2.87 bits per heavy atom. The molecule has 1 aliphatic heterocycles. The number of amides is 1. The van der Waals surface area contributed by atoms with Crippen LogP contribution in [0.1, 0.15) is 33.9 Å². The van der Waals surface area contributed by atoms with Crippen molar-refractivity contribution in [1.82, 2.24) is 19.9 Å². The van der Waals surface area contributed by atoms with Gasteiger partial charge in [0.15, 0.2) is 0 Å². The normalized spacial score (nSPS) is 16.8. The number of hydrogen-bond donors (Lipinski definition) is 3. The lowest BCUT2D eigenvalue weighted by Crippen LogP contribution is -2.30. The number of carbonyl (C=O) groups excluding carboxylic acids is 1. The summed E-state index contributed by atoms with van der Waals surface area (Å²) in [5.41, 5.74) is 1.89. The van der Waals surface area contributed by atoms with E-state index in [0.717, 1.165) is 18.6 Å². The summed E-state index contributed by atoms with van der Waals surface area (Å²) < 4.78 is 20.3. The standard InChI is InChI=1S/C22H24FN5O3/c1-14-10-24-22(25-18-7-9-31-13-18)27-20(14)28-8-6-16(11-28)21(30)26-19(12-29)15-2-4-17(23)5-3-15/h2-6,8,10-11,18-19,29H,7,9,12-13H2,1H3,(H,26,30)(H,24,25,27). The minimum absolute atomic E-state index is 0.184. The van der Waals surface area contributed by atoms with Gasteiger partial charge < -0.3 is 25.0 Å². The molecule has 31 heavy (non-hydrogen) atoms. The molecule has 3 aromatic rings. The maximum Gasteiger partial charge on any atom is 0.253 e. The first-order valence-corrected chi connectivity index (χ1v) is 10.1. The van der Waals surface area contributed by atoms with Crippen molar-refractivity contribution < 1.29 is 19.0 Å². The number of halogens is 1. The summed E-state index contributed by atoms with van der Waals surface area (Å²) in [5.74, 6) is 0.439. The van der Waals surface area contributed by atoms with E-state index in [0.29, 0.717) is 29.5 Å². The molecule has 0 radical (unpaired) electrons. The second-order valence-electron chi connectivity index (χ2n) is 7.47. The number of nitrogens with zero attached hydrogens (tertiary/aromatic N) is 3. The minimum Gasteiger partial charge on any atom is -0.394 e. The third-order valence-electron chi connectivity index (χ3n) is 5.17. The fourth-order valence-corrected chi connectivity index (χ4v) is 3.43. The molecule has 0 aliphatic carbocycles. The number of anilines is 1. The third kappa shape index (κ3) is 4.89. The molecule has 2 atom stereocenters. The topological polar surface area (TPSA) is 101 Å². The molecule has 1 amide bonds. The molecule has 1 aliphatic rings. The Hall–Kier alpha value is -3.30. The summed E-state index contributed by atoms with van der Waals surface area (Å²) in [6.07, 6.45) is 6.06. The SMILES string of the molecule is Cc1cnc(NC2CCOC2)nc1-n1ccc(C(=O)NC(CO)c2ccc(F)cc2)c1. The van der Waals surface area contributed by atoms with Crippen LogP contribution in [0.5, 0.6) is 0 Å². The highest BCUT2D eigenvalue weighted by Gasteiger charge is 2.19. The van der Waals surface area contributed by atoms with Crippen LogP contribution in [0.15, 0.2) is 48.9 Å². The van der Waals surface area contributed by atoms with E-state index in [1.54, 1.807) is 29.2 Å². The van der Waals surface area contributed by atoms with Gasteiger partial charge in [0, 0.05) is 30.8 Å². The number of ether oxygens (including phenoxy) is 1. The summed E-state index contributed by atoms with van der Waals surface area (Å²) in [6.45, 7) is 2.94. The molecular weight excluding hydrogens is 401 g/mol. The average molecular weight is 425 g/mol. The van der Waals surface area contributed by atoms with Gasteiger partial charge in [0.1, 0.15) is 11.6 Å². The summed E-state index contributed by atoms with van der Waals surface area (Å²) in [7, 11) is 0. The van der Waals surface area contributed by atoms with Crippen LogP contribution in [-0.4, -0.2) is 51.4 Å². The van der Waals surface area contributed by atoms with Crippen LogP contribution in [0, 0.1) is 12.7 Å². The van der Waals surface area contributed by atoms with E-state index in [2.05, 4.69) is 20.6 Å². The Kier molecular flexibility index (Phi) is 6.24. The van der Waals surface area contributed by atoms with Crippen LogP contribution in [0.4, 0.5) is 10.3 Å². The summed E-state index contributed by atoms with van der Waals surface area (Å²) in [5, 5.41) is 15.7. The summed E-state index contributed by atoms with van der Waals surface area (Å²) >= 11 is 0. The van der Waals surface area contributed by atoms with Gasteiger partial charge in [0.05, 0.1) is 30.9 Å². The Labute approximate surface area is 179 Å². The van der Waals surface area contributed by atoms with E-state index in [1.165, 1.54) is 24.3 Å². The molecule has 0 spiro atoms. The zero-order chi connectivity index (χ0) is 21.8. The van der Waals surface area contributed by atoms with E-state index in [1.807, 2.05) is 6.92 Å². The van der Waals surface area contributed by atoms with Gasteiger partial charge in [-0.3, -0.25) is 4.79 Å². The van der Waals surface area contributed by atoms with Crippen LogP contribution < -0.4 is 10.6 Å². The van der Waals surface area contributed by atoms with Crippen LogP contribution in [0.25, 0.3) is 5.82 Å². The van der Waals surface area contributed by atoms with Crippen LogP contribution in [-0.2, 0) is 4.74 Å². The molecule has 162 valence electrons. The molecule has 1 saturated heterocycles. The number of hydrogen-bond acceptors (Lipinski definition) is 6. The molecule has 2 unspecified atom stereocenters. The van der Waals surface area contributed by atoms with Gasteiger partial charge in [0.2, 0.25) is 5.95 Å². The van der Waals surface area contributed by atoms with Crippen molar-refractivity contribution in [2.75, 3.05) is 25.1 Å². The molecule has 2 aromatic heterocycles. The number of carbonyl (C=O) groups is 1. The van der Waals surface area contributed by atoms with Gasteiger partial charge in [-0.25, -0.2) is 9.37 Å². The summed E-state index contributed by atoms with van der Waals surface area (Å²) in [6, 6.07) is 6.88. The predicted molar refractivity (Wildman–Crippen MR) is 113 cm³/mol. The van der Waals surface area contributed by atoms with Gasteiger partial charge >= 0.3 is 0 Å². The van der Waals surface area contributed by atoms with Crippen molar-refractivity contribution in [1.29, 1.82) is 0 Å².